The highest BCUT2D eigenvalue weighted by molar-refractivity contribution is 8.02. The lowest BCUT2D eigenvalue weighted by Crippen LogP contribution is -1.87. The van der Waals surface area contributed by atoms with E-state index in [4.69, 9.17) is 0 Å². The van der Waals surface area contributed by atoms with Crippen molar-refractivity contribution >= 4 is 17.3 Å². The highest BCUT2D eigenvalue weighted by atomic mass is 32.2. The largest absolute Gasteiger partial charge is 0.312 e. The molecule has 1 aromatic carbocycles. The van der Waals surface area contributed by atoms with E-state index in [9.17, 15) is 8.78 Å². The van der Waals surface area contributed by atoms with Crippen molar-refractivity contribution < 1.29 is 8.78 Å². The fourth-order valence-corrected chi connectivity index (χ4v) is 2.19. The topological polar surface area (TPSA) is 30.7 Å². The van der Waals surface area contributed by atoms with Crippen LogP contribution in [0.4, 0.5) is 8.78 Å². The Balaban J connectivity index is 2.04. The molecule has 2 rings (SSSR count). The molecule has 1 aromatic heterocycles. The van der Waals surface area contributed by atoms with Crippen LogP contribution in [0.15, 0.2) is 53.8 Å². The number of thioether (sulfide) groups is 1. The molecule has 20 heavy (non-hydrogen) atoms. The van der Waals surface area contributed by atoms with Gasteiger partial charge < -0.3 is 4.57 Å². The van der Waals surface area contributed by atoms with E-state index in [-0.39, 0.29) is 5.56 Å². The summed E-state index contributed by atoms with van der Waals surface area (Å²) in [7, 11) is 1.84. The minimum atomic E-state index is -2.47. The summed E-state index contributed by atoms with van der Waals surface area (Å²) in [5.41, 5.74) is 1.35. The molecule has 1 heterocycles. The maximum Gasteiger partial charge on any atom is 0.263 e. The molecule has 0 atom stereocenters. The molecule has 2 aromatic rings. The van der Waals surface area contributed by atoms with Gasteiger partial charge in [-0.1, -0.05) is 36.5 Å². The molecule has 0 bridgehead atoms. The van der Waals surface area contributed by atoms with Gasteiger partial charge in [0.1, 0.15) is 6.33 Å². The van der Waals surface area contributed by atoms with Crippen LogP contribution in [0.3, 0.4) is 0 Å². The van der Waals surface area contributed by atoms with E-state index in [0.29, 0.717) is 11.1 Å². The fourth-order valence-electron chi connectivity index (χ4n) is 1.53. The van der Waals surface area contributed by atoms with Crippen LogP contribution in [-0.4, -0.2) is 14.8 Å². The number of alkyl halides is 2. The second-order valence-electron chi connectivity index (χ2n) is 4.10. The number of rotatable bonds is 5. The van der Waals surface area contributed by atoms with Crippen LogP contribution in [0.5, 0.6) is 0 Å². The van der Waals surface area contributed by atoms with Crippen molar-refractivity contribution in [3.8, 4) is 0 Å². The zero-order valence-electron chi connectivity index (χ0n) is 10.8. The Morgan fingerprint density at radius 1 is 1.45 bits per heavy atom. The van der Waals surface area contributed by atoms with E-state index in [2.05, 4.69) is 16.8 Å². The molecule has 0 saturated heterocycles. The number of hydrogen-bond donors (Lipinski definition) is 0. The minimum Gasteiger partial charge on any atom is -0.312 e. The van der Waals surface area contributed by atoms with Crippen LogP contribution in [0, 0.1) is 0 Å². The van der Waals surface area contributed by atoms with Crippen molar-refractivity contribution in [3.63, 3.8) is 0 Å². The van der Waals surface area contributed by atoms with Gasteiger partial charge in [0.05, 0.1) is 0 Å². The Morgan fingerprint density at radius 3 is 2.90 bits per heavy atom. The van der Waals surface area contributed by atoms with Crippen molar-refractivity contribution in [2.45, 2.75) is 11.6 Å². The van der Waals surface area contributed by atoms with Gasteiger partial charge in [-0.2, -0.15) is 0 Å². The summed E-state index contributed by atoms with van der Waals surface area (Å²) < 4.78 is 27.0. The third kappa shape index (κ3) is 3.54. The van der Waals surface area contributed by atoms with Crippen molar-refractivity contribution in [1.29, 1.82) is 0 Å². The van der Waals surface area contributed by atoms with Crippen LogP contribution >= 0.6 is 11.8 Å². The molecule has 0 N–H and O–H groups in total. The number of nitrogens with zero attached hydrogens (tertiary/aromatic N) is 3. The van der Waals surface area contributed by atoms with E-state index in [1.54, 1.807) is 34.5 Å². The lowest BCUT2D eigenvalue weighted by Gasteiger charge is -2.04. The molecule has 0 unspecified atom stereocenters. The minimum absolute atomic E-state index is 0.00185. The van der Waals surface area contributed by atoms with Gasteiger partial charge in [0.25, 0.3) is 6.43 Å². The maximum atomic E-state index is 12.6. The Hall–Kier alpha value is -1.95. The predicted molar refractivity (Wildman–Crippen MR) is 76.4 cm³/mol. The Kier molecular flexibility index (Phi) is 4.68. The number of hydrogen-bond acceptors (Lipinski definition) is 3. The van der Waals surface area contributed by atoms with Crippen LogP contribution in [0.1, 0.15) is 17.6 Å². The van der Waals surface area contributed by atoms with Gasteiger partial charge in [-0.3, -0.25) is 0 Å². The Labute approximate surface area is 120 Å². The normalized spacial score (nSPS) is 11.4. The van der Waals surface area contributed by atoms with E-state index >= 15 is 0 Å². The number of allylic oxidation sites excluding steroid dienone is 2. The lowest BCUT2D eigenvalue weighted by atomic mass is 10.1. The van der Waals surface area contributed by atoms with Crippen molar-refractivity contribution in [2.75, 3.05) is 0 Å². The SMILES string of the molecule is C=C(/C=C/Sc1nncn1C)c1cccc(C(F)F)c1. The fraction of sp³-hybridized carbons (Fsp3) is 0.143. The first-order chi connectivity index (χ1) is 9.58. The van der Waals surface area contributed by atoms with E-state index in [1.807, 2.05) is 7.05 Å². The zero-order valence-corrected chi connectivity index (χ0v) is 11.6. The summed E-state index contributed by atoms with van der Waals surface area (Å²) >= 11 is 1.39. The van der Waals surface area contributed by atoms with Gasteiger partial charge in [0, 0.05) is 12.6 Å². The number of halogens is 2. The molecule has 0 aliphatic heterocycles. The van der Waals surface area contributed by atoms with Gasteiger partial charge in [-0.15, -0.1) is 10.2 Å². The molecule has 0 radical (unpaired) electrons. The van der Waals surface area contributed by atoms with E-state index in [0.717, 1.165) is 5.16 Å². The number of aryl methyl sites for hydroxylation is 1. The smallest absolute Gasteiger partial charge is 0.263 e. The van der Waals surface area contributed by atoms with Crippen LogP contribution in [0.2, 0.25) is 0 Å². The quantitative estimate of drug-likeness (QED) is 0.615. The number of aromatic nitrogens is 3. The van der Waals surface area contributed by atoms with Crippen molar-refractivity contribution in [2.24, 2.45) is 7.05 Å². The molecule has 0 aliphatic rings. The van der Waals surface area contributed by atoms with E-state index in [1.165, 1.54) is 23.9 Å². The highest BCUT2D eigenvalue weighted by Crippen LogP contribution is 2.24. The summed E-state index contributed by atoms with van der Waals surface area (Å²) in [4.78, 5) is 0. The lowest BCUT2D eigenvalue weighted by molar-refractivity contribution is 0.151. The van der Waals surface area contributed by atoms with Crippen LogP contribution in [0.25, 0.3) is 5.57 Å². The summed E-state index contributed by atoms with van der Waals surface area (Å²) in [6.07, 6.45) is 0.904. The van der Waals surface area contributed by atoms with Crippen LogP contribution < -0.4 is 0 Å². The molecule has 0 saturated carbocycles. The predicted octanol–water partition coefficient (Wildman–Crippen LogP) is 4.07. The third-order valence-corrected chi connectivity index (χ3v) is 3.47. The van der Waals surface area contributed by atoms with Gasteiger partial charge >= 0.3 is 0 Å². The molecule has 0 spiro atoms. The Bertz CT molecular complexity index is 635. The molecule has 0 amide bonds. The Morgan fingerprint density at radius 2 is 2.25 bits per heavy atom. The average molecular weight is 293 g/mol. The van der Waals surface area contributed by atoms with Crippen molar-refractivity contribution in [3.05, 3.63) is 59.8 Å². The monoisotopic (exact) mass is 293 g/mol. The maximum absolute atomic E-state index is 12.6. The summed E-state index contributed by atoms with van der Waals surface area (Å²) in [6.45, 7) is 3.88. The second-order valence-corrected chi connectivity index (χ2v) is 4.97. The molecule has 0 fully saturated rings. The summed E-state index contributed by atoms with van der Waals surface area (Å²) in [5, 5.41) is 10.2. The second kappa shape index (κ2) is 6.47. The van der Waals surface area contributed by atoms with Crippen LogP contribution in [-0.2, 0) is 7.05 Å². The first-order valence-electron chi connectivity index (χ1n) is 5.82. The van der Waals surface area contributed by atoms with Gasteiger partial charge in [0.15, 0.2) is 5.16 Å². The van der Waals surface area contributed by atoms with Gasteiger partial charge in [-0.25, -0.2) is 8.78 Å². The molecular weight excluding hydrogens is 280 g/mol. The summed E-state index contributed by atoms with van der Waals surface area (Å²) in [5.74, 6) is 0. The first-order valence-corrected chi connectivity index (χ1v) is 6.70. The van der Waals surface area contributed by atoms with E-state index < -0.39 is 6.43 Å². The van der Waals surface area contributed by atoms with Gasteiger partial charge in [-0.05, 0) is 28.7 Å². The standard InChI is InChI=1S/C14H13F2N3S/c1-10(6-7-20-14-18-17-9-19(14)2)11-4-3-5-12(8-11)13(15)16/h3-9,13H,1H2,2H3/b7-6+. The summed E-state index contributed by atoms with van der Waals surface area (Å²) in [6, 6.07) is 6.21. The average Bonchev–Trinajstić information content (AvgIpc) is 2.84. The van der Waals surface area contributed by atoms with Gasteiger partial charge in [0.2, 0.25) is 0 Å². The first kappa shape index (κ1) is 14.5. The third-order valence-electron chi connectivity index (χ3n) is 2.62. The molecule has 6 heteroatoms. The van der Waals surface area contributed by atoms with Crippen molar-refractivity contribution in [1.82, 2.24) is 14.8 Å². The molecule has 3 nitrogen and oxygen atoms in total. The highest BCUT2D eigenvalue weighted by Gasteiger charge is 2.07. The molecular formula is C14H13F2N3S. The number of benzene rings is 1. The molecule has 0 aliphatic carbocycles. The zero-order chi connectivity index (χ0) is 14.5. The molecule has 104 valence electrons.